The van der Waals surface area contributed by atoms with Crippen molar-refractivity contribution >= 4 is 103 Å². The predicted molar refractivity (Wildman–Crippen MR) is 436 cm³/mol. The molecule has 1 aromatic carbocycles. The van der Waals surface area contributed by atoms with E-state index in [9.17, 15) is 82.0 Å². The Morgan fingerprint density at radius 1 is 0.433 bits per heavy atom. The summed E-state index contributed by atoms with van der Waals surface area (Å²) < 4.78 is 116. The molecule has 3 aliphatic heterocycles. The number of ether oxygens (including phenoxy) is 18. The highest BCUT2D eigenvalue weighted by Gasteiger charge is 2.55. The molecule has 0 bridgehead atoms. The van der Waals surface area contributed by atoms with Crippen LogP contribution in [0.25, 0.3) is 0 Å². The lowest BCUT2D eigenvalue weighted by Gasteiger charge is -2.44. The third kappa shape index (κ3) is 41.9. The van der Waals surface area contributed by atoms with Crippen LogP contribution >= 0.6 is 8.53 Å². The minimum absolute atomic E-state index is 0.00105. The lowest BCUT2D eigenvalue weighted by Crippen LogP contribution is -2.66. The molecule has 0 spiro atoms. The second kappa shape index (κ2) is 57.9. The Hall–Kier alpha value is -9.82. The van der Waals surface area contributed by atoms with Gasteiger partial charge in [0.1, 0.15) is 67.8 Å². The molecule has 0 aliphatic carbocycles. The summed E-state index contributed by atoms with van der Waals surface area (Å²) in [4.78, 5) is 204. The number of carbonyl (C=O) groups excluding carboxylic acids is 16. The van der Waals surface area contributed by atoms with Gasteiger partial charge < -0.3 is 132 Å². The first-order valence-electron chi connectivity index (χ1n) is 41.4. The van der Waals surface area contributed by atoms with E-state index in [0.29, 0.717) is 5.75 Å². The number of nitriles is 1. The molecule has 1 aromatic rings. The van der Waals surface area contributed by atoms with Crippen molar-refractivity contribution in [3.63, 3.8) is 0 Å². The van der Waals surface area contributed by atoms with Gasteiger partial charge in [-0.3, -0.25) is 76.7 Å². The molecule has 7 N–H and O–H groups in total. The quantitative estimate of drug-likeness (QED) is 0.0203. The number of rotatable bonds is 57. The molecule has 0 radical (unpaired) electrons. The second-order valence-electron chi connectivity index (χ2n) is 29.9. The van der Waals surface area contributed by atoms with Gasteiger partial charge in [-0.2, -0.15) is 5.26 Å². The van der Waals surface area contributed by atoms with E-state index in [0.717, 1.165) is 62.3 Å². The number of nitrogens with one attached hydrogen (secondary N) is 7. The first-order chi connectivity index (χ1) is 60.1. The van der Waals surface area contributed by atoms with E-state index in [1.54, 1.807) is 12.1 Å². The van der Waals surface area contributed by atoms with E-state index in [1.165, 1.54) is 32.9 Å². The van der Waals surface area contributed by atoms with Crippen LogP contribution in [0.5, 0.6) is 5.75 Å². The molecule has 3 saturated heterocycles. The zero-order valence-electron chi connectivity index (χ0n) is 74.6. The van der Waals surface area contributed by atoms with Crippen molar-refractivity contribution in [1.82, 2.24) is 41.9 Å². The van der Waals surface area contributed by atoms with Crippen molar-refractivity contribution < 1.29 is 171 Å². The van der Waals surface area contributed by atoms with Gasteiger partial charge in [0.05, 0.1) is 85.1 Å². The summed E-state index contributed by atoms with van der Waals surface area (Å²) in [7, 11) is -1.77. The van der Waals surface area contributed by atoms with Gasteiger partial charge in [-0.1, -0.05) is 0 Å². The normalized spacial score (nSPS) is 22.6. The molecule has 46 heteroatoms. The number of hydrogen-bond donors (Lipinski definition) is 7. The highest BCUT2D eigenvalue weighted by atomic mass is 31.2. The van der Waals surface area contributed by atoms with E-state index < -0.39 is 215 Å². The third-order valence-corrected chi connectivity index (χ3v) is 20.6. The molecule has 127 heavy (non-hydrogen) atoms. The van der Waals surface area contributed by atoms with Crippen molar-refractivity contribution in [2.45, 2.75) is 265 Å². The molecule has 4 rings (SSSR count). The summed E-state index contributed by atoms with van der Waals surface area (Å²) in [6.07, 6.45) is -17.4. The molecule has 3 aliphatic rings. The largest absolute Gasteiger partial charge is 0.463 e. The summed E-state index contributed by atoms with van der Waals surface area (Å²) >= 11 is 0. The lowest BCUT2D eigenvalue weighted by atomic mass is 9.82. The van der Waals surface area contributed by atoms with Gasteiger partial charge >= 0.3 is 62.2 Å². The van der Waals surface area contributed by atoms with Crippen LogP contribution in [-0.2, 0) is 162 Å². The summed E-state index contributed by atoms with van der Waals surface area (Å²) in [5, 5.41) is 28.8. The highest BCUT2D eigenvalue weighted by Crippen LogP contribution is 2.46. The lowest BCUT2D eigenvalue weighted by molar-refractivity contribution is -0.279. The average molecular weight is 1830 g/mol. The van der Waals surface area contributed by atoms with E-state index >= 15 is 0 Å². The standard InChI is InChI=1S/C81H124N9O36P/c1-46(2)90(47(3)4)127(116-32-17-28-82)126-62-20-18-60(19-21-62)77(106)89-81(26-23-66(104)84-30-34-108-37-40-111-79-69(87-49(6)92)75(121-58(15)101)72(118-55(12)98)64(124-79)44-114-52(9)95,27-24-67(105)85-31-35-109-38-41-112-80-70(88-50(7)93)76(122-59(16)102)73(119-56(13)99)65(125-80)45-115-53(10)96)25-22-61(103)42-83-29-33-107-36-39-110-78-68(86-48(5)91)74(120-57(14)100)71(117-54(11)97)63(123-78)43-113-51(8)94/h18-21,46-47,63-65,68-76,78-80,83H,17,22-27,29-45H2,1-16H3,(H,84,104)(H,85,105)(H,86,91)(H,87,92)(H,88,93)(H,89,106). The molecule has 714 valence electrons. The predicted octanol–water partition coefficient (Wildman–Crippen LogP) is 0.610. The maximum absolute atomic E-state index is 14.9. The fourth-order valence-electron chi connectivity index (χ4n) is 13.4. The molecule has 3 fully saturated rings. The zero-order chi connectivity index (χ0) is 94.5. The fraction of sp³-hybridized carbons (Fsp3) is 0.716. The Morgan fingerprint density at radius 2 is 0.772 bits per heavy atom. The smallest absolute Gasteiger partial charge is 0.321 e. The molecule has 6 amide bonds. The van der Waals surface area contributed by atoms with Crippen molar-refractivity contribution in [3.8, 4) is 11.8 Å². The van der Waals surface area contributed by atoms with Crippen LogP contribution in [0, 0.1) is 11.3 Å². The van der Waals surface area contributed by atoms with Crippen molar-refractivity contribution in [3.05, 3.63) is 29.8 Å². The van der Waals surface area contributed by atoms with E-state index in [4.69, 9.17) is 94.3 Å². The molecular formula is C81H124N9O36P. The Morgan fingerprint density at radius 3 is 1.09 bits per heavy atom. The molecular weight excluding hydrogens is 1710 g/mol. The van der Waals surface area contributed by atoms with Gasteiger partial charge in [0.2, 0.25) is 29.5 Å². The Kier molecular flexibility index (Phi) is 49.9. The average Bonchev–Trinajstić information content (AvgIpc) is 0.793. The fourth-order valence-corrected chi connectivity index (χ4v) is 15.0. The zero-order valence-corrected chi connectivity index (χ0v) is 75.5. The maximum Gasteiger partial charge on any atom is 0.321 e. The van der Waals surface area contributed by atoms with Gasteiger partial charge in [0, 0.05) is 145 Å². The first kappa shape index (κ1) is 110. The summed E-state index contributed by atoms with van der Waals surface area (Å²) in [6, 6.07) is 4.29. The van der Waals surface area contributed by atoms with Crippen LogP contribution < -0.4 is 41.7 Å². The van der Waals surface area contributed by atoms with Crippen molar-refractivity contribution in [2.24, 2.45) is 0 Å². The van der Waals surface area contributed by atoms with E-state index in [1.807, 2.05) is 32.4 Å². The van der Waals surface area contributed by atoms with Gasteiger partial charge in [-0.05, 0) is 71.2 Å². The Bertz CT molecular complexity index is 3670. The number of amides is 6. The molecule has 45 nitrogen and oxygen atoms in total. The van der Waals surface area contributed by atoms with Gasteiger partial charge in [-0.15, -0.1) is 0 Å². The van der Waals surface area contributed by atoms with Crippen LogP contribution in [0.2, 0.25) is 0 Å². The minimum atomic E-state index is -1.77. The molecule has 16 atom stereocenters. The molecule has 0 saturated carbocycles. The highest BCUT2D eigenvalue weighted by molar-refractivity contribution is 7.45. The number of carbonyl (C=O) groups is 16. The Labute approximate surface area is 737 Å². The molecule has 3 heterocycles. The molecule has 16 unspecified atom stereocenters. The number of Topliss-reactive ketones (excluding diaryl/α,β-unsaturated/α-hetero) is 1. The van der Waals surface area contributed by atoms with E-state index in [2.05, 4.69) is 43.3 Å². The van der Waals surface area contributed by atoms with Crippen molar-refractivity contribution in [1.29, 1.82) is 5.26 Å². The van der Waals surface area contributed by atoms with Gasteiger partial charge in [0.25, 0.3) is 5.91 Å². The maximum atomic E-state index is 14.9. The number of benzene rings is 1. The van der Waals surface area contributed by atoms with Crippen molar-refractivity contribution in [2.75, 3.05) is 112 Å². The Balaban J connectivity index is 1.61. The van der Waals surface area contributed by atoms with Crippen LogP contribution in [0.1, 0.15) is 166 Å². The first-order valence-corrected chi connectivity index (χ1v) is 42.5. The SMILES string of the molecule is CC(=O)NC1C(OCCOCCNCC(=O)CCC(CCC(=O)NCCOCCOC2OC(COC(C)=O)C(OC(C)=O)C(OC(C)=O)C2NC(C)=O)(CCC(=O)NCCOCCOC2OC(COC(C)=O)C(OC(C)=O)C(OC(C)=O)C2NC(C)=O)NC(=O)c2ccc(OP(OCCC#N)N(C(C)C)C(C)C)cc2)OC(COC(C)=O)C(OC(C)=O)C1OC(C)=O. The van der Waals surface area contributed by atoms with Gasteiger partial charge in [-0.25, -0.2) is 4.67 Å². The van der Waals surface area contributed by atoms with Crippen LogP contribution in [0.3, 0.4) is 0 Å². The number of ketones is 1. The van der Waals surface area contributed by atoms with Crippen LogP contribution in [0.4, 0.5) is 0 Å². The number of esters is 9. The number of hydrogen-bond acceptors (Lipinski definition) is 39. The van der Waals surface area contributed by atoms with Crippen LogP contribution in [0.15, 0.2) is 24.3 Å². The summed E-state index contributed by atoms with van der Waals surface area (Å²) in [5.41, 5.74) is -1.43. The monoisotopic (exact) mass is 1830 g/mol. The summed E-state index contributed by atoms with van der Waals surface area (Å²) in [5.74, 6) is -10.6. The third-order valence-electron chi connectivity index (χ3n) is 18.5. The second-order valence-corrected chi connectivity index (χ2v) is 31.3. The van der Waals surface area contributed by atoms with Gasteiger partial charge in [0.15, 0.2) is 55.5 Å². The van der Waals surface area contributed by atoms with E-state index in [-0.39, 0.29) is 161 Å². The summed E-state index contributed by atoms with van der Waals surface area (Å²) in [6.45, 7) is 18.4. The molecule has 0 aromatic heterocycles. The topological polar surface area (TPSA) is 569 Å². The minimum Gasteiger partial charge on any atom is -0.463 e. The van der Waals surface area contributed by atoms with Crippen LogP contribution in [-0.4, -0.2) is 321 Å². The number of nitrogens with zero attached hydrogens (tertiary/aromatic N) is 2.